The Morgan fingerprint density at radius 2 is 2.20 bits per heavy atom. The van der Waals surface area contributed by atoms with Gasteiger partial charge < -0.3 is 5.32 Å². The van der Waals surface area contributed by atoms with E-state index in [-0.39, 0.29) is 0 Å². The molecule has 0 bridgehead atoms. The maximum absolute atomic E-state index is 6.12. The van der Waals surface area contributed by atoms with Gasteiger partial charge >= 0.3 is 0 Å². The van der Waals surface area contributed by atoms with E-state index in [1.165, 1.54) is 11.7 Å². The lowest BCUT2D eigenvalue weighted by Gasteiger charge is -2.10. The predicted molar refractivity (Wildman–Crippen MR) is 65.8 cm³/mol. The number of rotatable bonds is 3. The summed E-state index contributed by atoms with van der Waals surface area (Å²) in [4.78, 5) is 0. The number of hydrogen-bond acceptors (Lipinski definition) is 4. The molecule has 1 aromatic carbocycles. The Labute approximate surface area is 97.8 Å². The highest BCUT2D eigenvalue weighted by atomic mass is 35.5. The molecule has 3 nitrogen and oxygen atoms in total. The second-order valence-electron chi connectivity index (χ2n) is 3.83. The Balaban J connectivity index is 2.38. The number of hydrogen-bond donors (Lipinski definition) is 1. The second kappa shape index (κ2) is 4.33. The first-order chi connectivity index (χ1) is 7.18. The first kappa shape index (κ1) is 10.6. The minimum absolute atomic E-state index is 0.572. The van der Waals surface area contributed by atoms with Crippen molar-refractivity contribution < 1.29 is 0 Å². The highest BCUT2D eigenvalue weighted by Gasteiger charge is 2.09. The van der Waals surface area contributed by atoms with Gasteiger partial charge in [0.15, 0.2) is 0 Å². The summed E-state index contributed by atoms with van der Waals surface area (Å²) in [6, 6.07) is 3.75. The van der Waals surface area contributed by atoms with Gasteiger partial charge in [-0.05, 0) is 18.1 Å². The Morgan fingerprint density at radius 1 is 1.40 bits per heavy atom. The number of nitrogens with one attached hydrogen (secondary N) is 1. The smallest absolute Gasteiger partial charge is 0.129 e. The molecule has 2 rings (SSSR count). The van der Waals surface area contributed by atoms with E-state index < -0.39 is 0 Å². The molecular weight excluding hydrogens is 230 g/mol. The minimum atomic E-state index is 0.572. The van der Waals surface area contributed by atoms with Crippen molar-refractivity contribution in [1.82, 2.24) is 8.75 Å². The molecule has 0 atom stereocenters. The lowest BCUT2D eigenvalue weighted by molar-refractivity contribution is 0.689. The van der Waals surface area contributed by atoms with E-state index in [4.69, 9.17) is 11.6 Å². The maximum Gasteiger partial charge on any atom is 0.129 e. The number of fused-ring (bicyclic) bond motifs is 1. The molecule has 80 valence electrons. The van der Waals surface area contributed by atoms with E-state index in [0.29, 0.717) is 10.9 Å². The fourth-order valence-corrected chi connectivity index (χ4v) is 2.06. The van der Waals surface area contributed by atoms with Gasteiger partial charge in [-0.3, -0.25) is 0 Å². The lowest BCUT2D eigenvalue weighted by Crippen LogP contribution is -2.08. The molecule has 0 unspecified atom stereocenters. The normalized spacial score (nSPS) is 11.2. The van der Waals surface area contributed by atoms with Gasteiger partial charge in [0.1, 0.15) is 11.0 Å². The zero-order valence-corrected chi connectivity index (χ0v) is 10.2. The van der Waals surface area contributed by atoms with Crippen LogP contribution >= 0.6 is 23.3 Å². The molecule has 0 saturated heterocycles. The van der Waals surface area contributed by atoms with E-state index in [1.54, 1.807) is 0 Å². The van der Waals surface area contributed by atoms with Crippen molar-refractivity contribution >= 4 is 40.0 Å². The first-order valence-corrected chi connectivity index (χ1v) is 5.94. The first-order valence-electron chi connectivity index (χ1n) is 4.83. The summed E-state index contributed by atoms with van der Waals surface area (Å²) >= 11 is 7.33. The highest BCUT2D eigenvalue weighted by Crippen LogP contribution is 2.29. The number of halogens is 1. The van der Waals surface area contributed by atoms with Crippen molar-refractivity contribution in [3.05, 3.63) is 17.2 Å². The van der Waals surface area contributed by atoms with Crippen LogP contribution in [0.3, 0.4) is 0 Å². The van der Waals surface area contributed by atoms with Gasteiger partial charge in [0, 0.05) is 6.54 Å². The average molecular weight is 242 g/mol. The van der Waals surface area contributed by atoms with Gasteiger partial charge in [0.2, 0.25) is 0 Å². The van der Waals surface area contributed by atoms with Gasteiger partial charge in [0.25, 0.3) is 0 Å². The molecule has 15 heavy (non-hydrogen) atoms. The topological polar surface area (TPSA) is 37.8 Å². The standard InChI is InChI=1S/C10H12ClN3S/c1-6(2)5-12-9-7(11)3-4-8-10(9)14-15-13-8/h3-4,6,12H,5H2,1-2H3. The van der Waals surface area contributed by atoms with Crippen LogP contribution in [0.15, 0.2) is 12.1 Å². The molecule has 0 radical (unpaired) electrons. The van der Waals surface area contributed by atoms with Crippen LogP contribution in [0.2, 0.25) is 5.02 Å². The van der Waals surface area contributed by atoms with Crippen LogP contribution < -0.4 is 5.32 Å². The zero-order chi connectivity index (χ0) is 10.8. The highest BCUT2D eigenvalue weighted by molar-refractivity contribution is 7.00. The molecule has 5 heteroatoms. The molecule has 1 N–H and O–H groups in total. The molecule has 0 aliphatic carbocycles. The zero-order valence-electron chi connectivity index (χ0n) is 8.62. The molecule has 0 fully saturated rings. The lowest BCUT2D eigenvalue weighted by atomic mass is 10.2. The summed E-state index contributed by atoms with van der Waals surface area (Å²) in [5, 5.41) is 4.02. The predicted octanol–water partition coefficient (Wildman–Crippen LogP) is 3.41. The van der Waals surface area contributed by atoms with Crippen LogP contribution in [0.5, 0.6) is 0 Å². The van der Waals surface area contributed by atoms with Gasteiger partial charge in [-0.1, -0.05) is 25.4 Å². The van der Waals surface area contributed by atoms with Crippen LogP contribution in [0.1, 0.15) is 13.8 Å². The van der Waals surface area contributed by atoms with Crippen molar-refractivity contribution in [3.8, 4) is 0 Å². The molecule has 0 spiro atoms. The van der Waals surface area contributed by atoms with Crippen molar-refractivity contribution in [2.45, 2.75) is 13.8 Å². The molecule has 0 aliphatic heterocycles. The number of anilines is 1. The molecule has 2 aromatic rings. The summed E-state index contributed by atoms with van der Waals surface area (Å²) in [6.45, 7) is 5.19. The van der Waals surface area contributed by atoms with Crippen molar-refractivity contribution in [1.29, 1.82) is 0 Å². The largest absolute Gasteiger partial charge is 0.382 e. The summed E-state index contributed by atoms with van der Waals surface area (Å²) < 4.78 is 8.42. The molecule has 1 aromatic heterocycles. The minimum Gasteiger partial charge on any atom is -0.382 e. The maximum atomic E-state index is 6.12. The van der Waals surface area contributed by atoms with Crippen LogP contribution in [0.4, 0.5) is 5.69 Å². The van der Waals surface area contributed by atoms with Crippen LogP contribution in [-0.2, 0) is 0 Å². The van der Waals surface area contributed by atoms with E-state index in [1.807, 2.05) is 12.1 Å². The van der Waals surface area contributed by atoms with Gasteiger partial charge in [0.05, 0.1) is 22.4 Å². The van der Waals surface area contributed by atoms with Crippen LogP contribution in [-0.4, -0.2) is 15.3 Å². The Morgan fingerprint density at radius 3 is 2.93 bits per heavy atom. The fourth-order valence-electron chi connectivity index (χ4n) is 1.30. The molecule has 0 amide bonds. The summed E-state index contributed by atoms with van der Waals surface area (Å²) in [6.07, 6.45) is 0. The van der Waals surface area contributed by atoms with E-state index in [9.17, 15) is 0 Å². The SMILES string of the molecule is CC(C)CNc1c(Cl)ccc2nsnc12. The Bertz CT molecular complexity index is 467. The number of nitrogens with zero attached hydrogens (tertiary/aromatic N) is 2. The number of benzene rings is 1. The van der Waals surface area contributed by atoms with Crippen molar-refractivity contribution in [3.63, 3.8) is 0 Å². The van der Waals surface area contributed by atoms with Gasteiger partial charge in [-0.25, -0.2) is 0 Å². The monoisotopic (exact) mass is 241 g/mol. The summed E-state index contributed by atoms with van der Waals surface area (Å²) in [5.41, 5.74) is 2.67. The van der Waals surface area contributed by atoms with E-state index >= 15 is 0 Å². The van der Waals surface area contributed by atoms with Crippen molar-refractivity contribution in [2.75, 3.05) is 11.9 Å². The van der Waals surface area contributed by atoms with Crippen molar-refractivity contribution in [2.24, 2.45) is 5.92 Å². The summed E-state index contributed by atoms with van der Waals surface area (Å²) in [5.74, 6) is 0.572. The average Bonchev–Trinajstić information content (AvgIpc) is 2.63. The molecule has 0 saturated carbocycles. The van der Waals surface area contributed by atoms with Gasteiger partial charge in [-0.2, -0.15) is 8.75 Å². The Hall–Kier alpha value is -0.870. The Kier molecular flexibility index (Phi) is 3.07. The second-order valence-corrected chi connectivity index (χ2v) is 4.76. The quantitative estimate of drug-likeness (QED) is 0.895. The molecule has 0 aliphatic rings. The van der Waals surface area contributed by atoms with E-state index in [2.05, 4.69) is 27.9 Å². The third-order valence-corrected chi connectivity index (χ3v) is 2.92. The molecular formula is C10H12ClN3S. The third kappa shape index (κ3) is 2.21. The fraction of sp³-hybridized carbons (Fsp3) is 0.400. The van der Waals surface area contributed by atoms with Crippen LogP contribution in [0, 0.1) is 5.92 Å². The van der Waals surface area contributed by atoms with Gasteiger partial charge in [-0.15, -0.1) is 0 Å². The third-order valence-electron chi connectivity index (χ3n) is 2.06. The number of aromatic nitrogens is 2. The van der Waals surface area contributed by atoms with E-state index in [0.717, 1.165) is 23.3 Å². The van der Waals surface area contributed by atoms with Crippen LogP contribution in [0.25, 0.3) is 11.0 Å². The molecule has 1 heterocycles. The summed E-state index contributed by atoms with van der Waals surface area (Å²) in [7, 11) is 0.